The third-order valence-corrected chi connectivity index (χ3v) is 11.1. The van der Waals surface area contributed by atoms with Crippen molar-refractivity contribution in [3.8, 4) is 11.5 Å². The molecule has 8 N–H and O–H groups in total. The minimum Gasteiger partial charge on any atom is -0.506 e. The highest BCUT2D eigenvalue weighted by atomic mass is 32.3. The van der Waals surface area contributed by atoms with Crippen LogP contribution in [0.25, 0.3) is 21.5 Å². The summed E-state index contributed by atoms with van der Waals surface area (Å²) < 4.78 is 101. The van der Waals surface area contributed by atoms with Crippen LogP contribution in [0, 0.1) is 6.92 Å². The summed E-state index contributed by atoms with van der Waals surface area (Å²) in [5.74, 6) is -1.25. The van der Waals surface area contributed by atoms with Crippen molar-refractivity contribution in [1.82, 2.24) is 0 Å². The van der Waals surface area contributed by atoms with Crippen molar-refractivity contribution in [2.45, 2.75) is 26.5 Å². The minimum absolute atomic E-state index is 0.0563. The van der Waals surface area contributed by atoms with Gasteiger partial charge < -0.3 is 23.9 Å². The van der Waals surface area contributed by atoms with Crippen molar-refractivity contribution >= 4 is 98.8 Å². The fourth-order valence-corrected chi connectivity index (χ4v) is 7.29. The van der Waals surface area contributed by atoms with Crippen LogP contribution in [0.3, 0.4) is 0 Å². The first kappa shape index (κ1) is 41.2. The molecule has 0 bridgehead atoms. The van der Waals surface area contributed by atoms with Crippen LogP contribution >= 0.6 is 22.9 Å². The molecule has 0 aliphatic carbocycles. The Bertz CT molecular complexity index is 2870. The van der Waals surface area contributed by atoms with Gasteiger partial charge >= 0.3 is 0 Å². The summed E-state index contributed by atoms with van der Waals surface area (Å²) in [6.45, 7) is 1.57. The summed E-state index contributed by atoms with van der Waals surface area (Å²) in [6, 6.07) is 19.7. The Kier molecular flexibility index (Phi) is 11.7. The molecule has 0 aliphatic rings. The fraction of sp³-hybridized carbons (Fsp3) is 0.0303. The second kappa shape index (κ2) is 16.2. The van der Waals surface area contributed by atoms with Gasteiger partial charge in [0, 0.05) is 27.1 Å². The molecule has 6 aromatic rings. The summed E-state index contributed by atoms with van der Waals surface area (Å²) in [5, 5.41) is 58.7. The first-order valence-electron chi connectivity index (χ1n) is 15.5. The van der Waals surface area contributed by atoms with E-state index in [9.17, 15) is 49.8 Å². The van der Waals surface area contributed by atoms with E-state index in [-0.39, 0.29) is 33.2 Å². The van der Waals surface area contributed by atoms with Crippen LogP contribution in [0.5, 0.6) is 11.5 Å². The van der Waals surface area contributed by atoms with Crippen LogP contribution in [0.4, 0.5) is 34.1 Å². The summed E-state index contributed by atoms with van der Waals surface area (Å²) in [7, 11) is -13.9. The van der Waals surface area contributed by atoms with Crippen molar-refractivity contribution in [3.05, 3.63) is 96.6 Å². The molecule has 0 unspecified atom stereocenters. The molecule has 0 saturated carbocycles. The third kappa shape index (κ3) is 9.39. The maximum atomic E-state index is 12.0. The van der Waals surface area contributed by atoms with E-state index in [1.165, 1.54) is 30.3 Å². The summed E-state index contributed by atoms with van der Waals surface area (Å²) >= 11 is 0.754. The maximum Gasteiger partial charge on any atom is 0.294 e. The van der Waals surface area contributed by atoms with Gasteiger partial charge in [0.25, 0.3) is 20.2 Å². The van der Waals surface area contributed by atoms with Crippen molar-refractivity contribution in [1.29, 1.82) is 0 Å². The van der Waals surface area contributed by atoms with Crippen LogP contribution in [0.1, 0.15) is 5.56 Å². The summed E-state index contributed by atoms with van der Waals surface area (Å²) in [4.78, 5) is -1.15. The first-order chi connectivity index (χ1) is 26.8. The molecule has 0 amide bonds. The monoisotopic (exact) mass is 858 g/mol. The van der Waals surface area contributed by atoms with Gasteiger partial charge in [-0.05, 0) is 96.7 Å². The zero-order chi connectivity index (χ0) is 41.3. The van der Waals surface area contributed by atoms with Gasteiger partial charge in [0.1, 0.15) is 28.0 Å². The lowest BCUT2D eigenvalue weighted by atomic mass is 10.1. The van der Waals surface area contributed by atoms with Crippen LogP contribution < -0.4 is 0 Å². The van der Waals surface area contributed by atoms with Crippen LogP contribution in [0.2, 0.25) is 0 Å². The Morgan fingerprint density at radius 3 is 1.79 bits per heavy atom. The van der Waals surface area contributed by atoms with Gasteiger partial charge in [-0.1, -0.05) is 11.1 Å². The van der Waals surface area contributed by atoms with Crippen molar-refractivity contribution in [3.63, 3.8) is 0 Å². The van der Waals surface area contributed by atoms with E-state index in [0.29, 0.717) is 27.2 Å². The van der Waals surface area contributed by atoms with Gasteiger partial charge in [0.05, 0.1) is 49.5 Å². The van der Waals surface area contributed by atoms with E-state index in [4.69, 9.17) is 5.26 Å². The lowest BCUT2D eigenvalue weighted by molar-refractivity contribution is -0.432. The topological polar surface area (TPSA) is 323 Å². The van der Waals surface area contributed by atoms with Gasteiger partial charge in [-0.25, -0.2) is 5.26 Å². The summed E-state index contributed by atoms with van der Waals surface area (Å²) in [5.41, 5.74) is 0.524. The first-order valence-corrected chi connectivity index (χ1v) is 20.6. The number of azo groups is 3. The number of aryl methyl sites for hydroxylation is 1. The average molecular weight is 859 g/mol. The molecule has 296 valence electrons. The molecular weight excluding hydrogens is 833 g/mol. The largest absolute Gasteiger partial charge is 0.506 e. The van der Waals surface area contributed by atoms with E-state index in [2.05, 4.69) is 40.1 Å². The van der Waals surface area contributed by atoms with E-state index < -0.39 is 63.0 Å². The molecule has 6 aromatic carbocycles. The van der Waals surface area contributed by atoms with Crippen molar-refractivity contribution in [2.75, 3.05) is 0 Å². The van der Waals surface area contributed by atoms with Gasteiger partial charge in [-0.3, -0.25) is 9.11 Å². The SMILES string of the molecule is Cc1cc(N=Nc2c(S(O)(O)O)cc3cc(S(=O)(=O)O)ccc3c2O)c(O)cc1N=Nc1ccc(N=Nc2ccc(SOOO)cc2)c2ccc(S(=O)(=O)O)cc12. The highest BCUT2D eigenvalue weighted by Gasteiger charge is 2.26. The number of aromatic hydroxyl groups is 2. The molecule has 0 fully saturated rings. The normalized spacial score (nSPS) is 13.2. The number of rotatable bonds is 12. The fourth-order valence-electron chi connectivity index (χ4n) is 5.23. The lowest BCUT2D eigenvalue weighted by Gasteiger charge is -2.22. The Labute approximate surface area is 327 Å². The number of phenolic OH excluding ortho intramolecular Hbond substituents is 2. The number of nitrogens with zero attached hydrogens (tertiary/aromatic N) is 6. The molecule has 24 heteroatoms. The minimum atomic E-state index is -4.67. The zero-order valence-corrected chi connectivity index (χ0v) is 31.8. The molecule has 0 aliphatic heterocycles. The van der Waals surface area contributed by atoms with Crippen LogP contribution in [0.15, 0.2) is 141 Å². The number of hydrogen-bond acceptors (Lipinski definition) is 19. The van der Waals surface area contributed by atoms with Crippen molar-refractivity contribution in [2.24, 2.45) is 30.7 Å². The molecule has 0 heterocycles. The van der Waals surface area contributed by atoms with E-state index in [1.807, 2.05) is 0 Å². The third-order valence-electron chi connectivity index (χ3n) is 7.94. The molecule has 57 heavy (non-hydrogen) atoms. The zero-order valence-electron chi connectivity index (χ0n) is 28.5. The molecule has 6 rings (SSSR count). The number of hydrogen-bond donors (Lipinski definition) is 8. The van der Waals surface area contributed by atoms with Crippen molar-refractivity contribution < 1.29 is 64.4 Å². The molecule has 0 aromatic heterocycles. The Morgan fingerprint density at radius 2 is 1.16 bits per heavy atom. The smallest absolute Gasteiger partial charge is 0.294 e. The van der Waals surface area contributed by atoms with E-state index in [0.717, 1.165) is 42.4 Å². The average Bonchev–Trinajstić information content (AvgIpc) is 3.15. The highest BCUT2D eigenvalue weighted by molar-refractivity contribution is 8.19. The molecule has 0 radical (unpaired) electrons. The number of phenols is 2. The lowest BCUT2D eigenvalue weighted by Crippen LogP contribution is -1.99. The molecular formula is C33H26N6O14S4. The maximum absolute atomic E-state index is 12.0. The quantitative estimate of drug-likeness (QED) is 0.0186. The predicted molar refractivity (Wildman–Crippen MR) is 205 cm³/mol. The Morgan fingerprint density at radius 1 is 0.579 bits per heavy atom. The van der Waals surface area contributed by atoms with Gasteiger partial charge in [0.15, 0.2) is 5.75 Å². The van der Waals surface area contributed by atoms with Gasteiger partial charge in [0.2, 0.25) is 0 Å². The van der Waals surface area contributed by atoms with Gasteiger partial charge in [-0.2, -0.15) is 27.1 Å². The molecule has 0 atom stereocenters. The second-order valence-corrected chi connectivity index (χ2v) is 16.8. The summed E-state index contributed by atoms with van der Waals surface area (Å²) in [6.07, 6.45) is 0. The number of benzene rings is 6. The number of fused-ring (bicyclic) bond motifs is 2. The van der Waals surface area contributed by atoms with E-state index in [1.54, 1.807) is 37.3 Å². The predicted octanol–water partition coefficient (Wildman–Crippen LogP) is 10.5. The van der Waals surface area contributed by atoms with E-state index >= 15 is 0 Å². The Balaban J connectivity index is 1.33. The highest BCUT2D eigenvalue weighted by Crippen LogP contribution is 2.54. The molecule has 20 nitrogen and oxygen atoms in total. The standard InChI is InChI=1S/C33H26N6O14S4/c1-17-12-29(38-39-32-31(57(49,50)51)14-18-13-21(55(43,44)45)6-8-23(18)33(32)41)30(40)16-28(17)37-36-27-11-10-26(24-9-7-22(15-25(24)27)56(46,47)48)35-34-19-2-4-20(5-3-19)54-53-52-42/h2-16,40-42,49-51H,1H3,(H,43,44,45)(H,46,47,48). The Hall–Kier alpha value is -5.48. The molecule has 0 spiro atoms. The van der Waals surface area contributed by atoms with Gasteiger partial charge in [-0.15, -0.1) is 24.8 Å². The van der Waals surface area contributed by atoms with Crippen LogP contribution in [-0.4, -0.2) is 55.1 Å². The second-order valence-electron chi connectivity index (χ2n) is 11.7. The van der Waals surface area contributed by atoms with Crippen LogP contribution in [-0.2, 0) is 29.6 Å². The molecule has 0 saturated heterocycles.